The molecule has 0 aromatic rings. The highest BCUT2D eigenvalue weighted by Crippen LogP contribution is 2.43. The van der Waals surface area contributed by atoms with Crippen LogP contribution in [-0.4, -0.2) is 97.3 Å². The first-order valence-corrected chi connectivity index (χ1v) is 25.3. The number of hydrogen-bond donors (Lipinski definition) is 3. The Hall–Kier alpha value is -2.63. The molecule has 0 aliphatic heterocycles. The van der Waals surface area contributed by atoms with Crippen LogP contribution in [0.3, 0.4) is 0 Å². The van der Waals surface area contributed by atoms with E-state index in [-0.39, 0.29) is 45.3 Å². The first kappa shape index (κ1) is 59.4. The molecule has 0 fully saturated rings. The summed E-state index contributed by atoms with van der Waals surface area (Å²) in [6.07, 6.45) is 44.0. The number of ether oxygens (including phenoxy) is 2. The summed E-state index contributed by atoms with van der Waals surface area (Å²) in [6.45, 7) is 3.93. The first-order valence-electron chi connectivity index (χ1n) is 23.8. The molecular formula is C50H89NO10P+. The van der Waals surface area contributed by atoms with E-state index in [0.717, 1.165) is 57.8 Å². The average molecular weight is 895 g/mol. The Morgan fingerprint density at radius 3 is 1.65 bits per heavy atom. The quantitative estimate of drug-likeness (QED) is 0.0178. The van der Waals surface area contributed by atoms with Crippen molar-refractivity contribution < 1.29 is 52.3 Å². The molecule has 0 aromatic heterocycles. The van der Waals surface area contributed by atoms with Gasteiger partial charge < -0.3 is 29.1 Å². The number of likely N-dealkylation sites (N-methyl/N-ethyl adjacent to an activating group) is 1. The van der Waals surface area contributed by atoms with Crippen molar-refractivity contribution in [2.75, 3.05) is 47.5 Å². The number of quaternary nitrogens is 1. The van der Waals surface area contributed by atoms with Gasteiger partial charge in [0.1, 0.15) is 19.8 Å². The molecule has 0 heterocycles. The molecule has 0 bridgehead atoms. The predicted molar refractivity (Wildman–Crippen MR) is 254 cm³/mol. The van der Waals surface area contributed by atoms with Gasteiger partial charge in [-0.1, -0.05) is 145 Å². The fourth-order valence-corrected chi connectivity index (χ4v) is 6.81. The van der Waals surface area contributed by atoms with Crippen LogP contribution in [0.15, 0.2) is 72.9 Å². The van der Waals surface area contributed by atoms with E-state index in [4.69, 9.17) is 18.5 Å². The van der Waals surface area contributed by atoms with Gasteiger partial charge in [-0.3, -0.25) is 18.6 Å². The number of aliphatic hydroxyl groups excluding tert-OH is 2. The molecule has 0 rings (SSSR count). The van der Waals surface area contributed by atoms with Gasteiger partial charge in [0, 0.05) is 12.8 Å². The van der Waals surface area contributed by atoms with Crippen molar-refractivity contribution in [3.8, 4) is 0 Å². The lowest BCUT2D eigenvalue weighted by Crippen LogP contribution is -2.37. The van der Waals surface area contributed by atoms with Crippen molar-refractivity contribution in [3.05, 3.63) is 72.9 Å². The second-order valence-electron chi connectivity index (χ2n) is 17.1. The van der Waals surface area contributed by atoms with Gasteiger partial charge in [0.15, 0.2) is 6.10 Å². The number of hydrogen-bond acceptors (Lipinski definition) is 9. The molecule has 358 valence electrons. The summed E-state index contributed by atoms with van der Waals surface area (Å²) in [6, 6.07) is 0. The molecule has 0 amide bonds. The molecular weight excluding hydrogens is 806 g/mol. The second-order valence-corrected chi connectivity index (χ2v) is 18.5. The van der Waals surface area contributed by atoms with Gasteiger partial charge in [0.05, 0.1) is 40.0 Å². The Bertz CT molecular complexity index is 1320. The third-order valence-corrected chi connectivity index (χ3v) is 10.9. The van der Waals surface area contributed by atoms with E-state index in [9.17, 15) is 29.3 Å². The largest absolute Gasteiger partial charge is 0.472 e. The lowest BCUT2D eigenvalue weighted by atomic mass is 10.0. The maximum atomic E-state index is 12.8. The molecule has 1 unspecified atom stereocenters. The van der Waals surface area contributed by atoms with Crippen LogP contribution < -0.4 is 0 Å². The molecule has 0 aromatic carbocycles. The van der Waals surface area contributed by atoms with Gasteiger partial charge in [-0.25, -0.2) is 4.57 Å². The number of unbranched alkanes of at least 4 members (excludes halogenated alkanes) is 12. The van der Waals surface area contributed by atoms with Crippen molar-refractivity contribution in [3.63, 3.8) is 0 Å². The van der Waals surface area contributed by atoms with E-state index in [1.54, 1.807) is 0 Å². The molecule has 0 aliphatic carbocycles. The van der Waals surface area contributed by atoms with E-state index in [1.165, 1.54) is 57.8 Å². The molecule has 62 heavy (non-hydrogen) atoms. The zero-order valence-corrected chi connectivity index (χ0v) is 40.4. The predicted octanol–water partition coefficient (Wildman–Crippen LogP) is 11.7. The van der Waals surface area contributed by atoms with Crippen molar-refractivity contribution >= 4 is 19.8 Å². The highest BCUT2D eigenvalue weighted by molar-refractivity contribution is 7.47. The lowest BCUT2D eigenvalue weighted by Gasteiger charge is -2.24. The first-order chi connectivity index (χ1) is 29.8. The minimum atomic E-state index is -4.47. The topological polar surface area (TPSA) is 149 Å². The monoisotopic (exact) mass is 895 g/mol. The Morgan fingerprint density at radius 2 is 1.08 bits per heavy atom. The van der Waals surface area contributed by atoms with E-state index in [2.05, 4.69) is 74.6 Å². The van der Waals surface area contributed by atoms with Crippen molar-refractivity contribution in [2.45, 2.75) is 186 Å². The summed E-state index contributed by atoms with van der Waals surface area (Å²) < 4.78 is 34.1. The van der Waals surface area contributed by atoms with Gasteiger partial charge in [-0.2, -0.15) is 0 Å². The minimum Gasteiger partial charge on any atom is -0.462 e. The number of carbonyl (C=O) groups is 2. The Balaban J connectivity index is 4.55. The molecule has 0 aliphatic rings. The number of allylic oxidation sites excluding steroid dienone is 11. The number of carbonyl (C=O) groups excluding carboxylic acids is 2. The molecule has 0 saturated heterocycles. The SMILES string of the molecule is CC/C=C\C/C=C\C/C=C\C/C=C\C[C@@H](O)[C@H](O)CCCC(=O)O[C@H](COC(=O)CCCCCCCCCCC/C=C\C/C=C\CCCCC)COP(=O)(O)OCC[N+](C)(C)C. The van der Waals surface area contributed by atoms with E-state index < -0.39 is 44.7 Å². The van der Waals surface area contributed by atoms with Gasteiger partial charge in [-0.15, -0.1) is 0 Å². The highest BCUT2D eigenvalue weighted by Gasteiger charge is 2.27. The number of rotatable bonds is 42. The smallest absolute Gasteiger partial charge is 0.462 e. The van der Waals surface area contributed by atoms with Crippen LogP contribution in [0.25, 0.3) is 0 Å². The van der Waals surface area contributed by atoms with E-state index in [1.807, 2.05) is 33.3 Å². The van der Waals surface area contributed by atoms with Crippen LogP contribution in [-0.2, 0) is 32.7 Å². The highest BCUT2D eigenvalue weighted by atomic mass is 31.2. The Kier molecular flexibility index (Phi) is 39.4. The molecule has 11 nitrogen and oxygen atoms in total. The van der Waals surface area contributed by atoms with Crippen molar-refractivity contribution in [2.24, 2.45) is 0 Å². The van der Waals surface area contributed by atoms with Crippen LogP contribution >= 0.6 is 7.82 Å². The molecule has 3 N–H and O–H groups in total. The molecule has 0 radical (unpaired) electrons. The number of esters is 2. The Morgan fingerprint density at radius 1 is 0.581 bits per heavy atom. The summed E-state index contributed by atoms with van der Waals surface area (Å²) in [4.78, 5) is 35.5. The van der Waals surface area contributed by atoms with Crippen LogP contribution in [0.4, 0.5) is 0 Å². The van der Waals surface area contributed by atoms with Crippen LogP contribution in [0.1, 0.15) is 168 Å². The maximum absolute atomic E-state index is 12.8. The summed E-state index contributed by atoms with van der Waals surface area (Å²) in [5, 5.41) is 20.8. The van der Waals surface area contributed by atoms with E-state index in [0.29, 0.717) is 17.4 Å². The van der Waals surface area contributed by atoms with Gasteiger partial charge >= 0.3 is 19.8 Å². The Labute approximate surface area is 377 Å². The summed E-state index contributed by atoms with van der Waals surface area (Å²) in [7, 11) is 1.29. The molecule has 0 spiro atoms. The number of phosphoric acid groups is 1. The zero-order chi connectivity index (χ0) is 46.0. The zero-order valence-electron chi connectivity index (χ0n) is 39.6. The maximum Gasteiger partial charge on any atom is 0.472 e. The van der Waals surface area contributed by atoms with E-state index >= 15 is 0 Å². The number of phosphoric ester groups is 1. The second kappa shape index (κ2) is 41.1. The summed E-state index contributed by atoms with van der Waals surface area (Å²) in [5.74, 6) is -1.10. The van der Waals surface area contributed by atoms with Gasteiger partial charge in [0.25, 0.3) is 0 Å². The number of nitrogens with zero attached hydrogens (tertiary/aromatic N) is 1. The van der Waals surface area contributed by atoms with Gasteiger partial charge in [0.2, 0.25) is 0 Å². The van der Waals surface area contributed by atoms with Crippen molar-refractivity contribution in [1.29, 1.82) is 0 Å². The third-order valence-electron chi connectivity index (χ3n) is 9.92. The van der Waals surface area contributed by atoms with Crippen LogP contribution in [0, 0.1) is 0 Å². The fraction of sp³-hybridized carbons (Fsp3) is 0.720. The molecule has 0 saturated carbocycles. The summed E-state index contributed by atoms with van der Waals surface area (Å²) in [5.41, 5.74) is 0. The average Bonchev–Trinajstić information content (AvgIpc) is 3.22. The normalized spacial score (nSPS) is 15.2. The third kappa shape index (κ3) is 42.7. The number of aliphatic hydroxyl groups is 2. The van der Waals surface area contributed by atoms with Crippen LogP contribution in [0.5, 0.6) is 0 Å². The summed E-state index contributed by atoms with van der Waals surface area (Å²) >= 11 is 0. The standard InChI is InChI=1S/C50H88NO10P/c1-6-8-10-12-14-16-18-20-21-22-23-24-25-26-28-30-32-34-36-40-49(54)58-44-46(45-60-62(56,57)59-43-42-51(3,4)5)61-50(55)41-37-39-48(53)47(52)38-35-33-31-29-27-19-17-15-13-11-9-7-2/h9,11,14-17,20-21,27,29,33,35,46-48,52-53H,6-8,10,12-13,18-19,22-26,28,30-32,34,36-45H2,1-5H3/p+1/b11-9-,16-14-,17-15-,21-20-,29-27-,35-33-/t46-,47-,48-/m1/s1. The van der Waals surface area contributed by atoms with Crippen LogP contribution in [0.2, 0.25) is 0 Å². The fourth-order valence-electron chi connectivity index (χ4n) is 6.07. The molecule has 12 heteroatoms. The molecule has 4 atom stereocenters. The minimum absolute atomic E-state index is 0.0250. The van der Waals surface area contributed by atoms with Crippen molar-refractivity contribution in [1.82, 2.24) is 0 Å². The lowest BCUT2D eigenvalue weighted by molar-refractivity contribution is -0.870. The van der Waals surface area contributed by atoms with Gasteiger partial charge in [-0.05, 0) is 83.5 Å².